The van der Waals surface area contributed by atoms with Crippen molar-refractivity contribution in [2.45, 2.75) is 156 Å². The van der Waals surface area contributed by atoms with Gasteiger partial charge in [0.2, 0.25) is 59.3 Å². The van der Waals surface area contributed by atoms with Crippen LogP contribution in [0.1, 0.15) is 105 Å². The van der Waals surface area contributed by atoms with Gasteiger partial charge >= 0.3 is 0 Å². The fourth-order valence-corrected chi connectivity index (χ4v) is 13.1. The molecule has 11 bridgehead atoms. The molecular weight excluding hydrogens is 1380 g/mol. The number of phenolic OH excluding ortho intramolecular Hbond substituents is 3. The van der Waals surface area contributed by atoms with Crippen LogP contribution in [-0.4, -0.2) is 193 Å². The summed E-state index contributed by atoms with van der Waals surface area (Å²) in [6.07, 6.45) is -18.4. The highest BCUT2D eigenvalue weighted by atomic mass is 35.5. The number of amides is 8. The lowest BCUT2D eigenvalue weighted by molar-refractivity contribution is -0.333. The van der Waals surface area contributed by atoms with Gasteiger partial charge in [0, 0.05) is 36.2 Å². The lowest BCUT2D eigenvalue weighted by Gasteiger charge is -2.47. The van der Waals surface area contributed by atoms with E-state index in [-0.39, 0.29) is 63.1 Å². The van der Waals surface area contributed by atoms with Crippen molar-refractivity contribution in [3.8, 4) is 57.1 Å². The quantitative estimate of drug-likeness (QED) is 0.0724. The maximum Gasteiger partial charge on any atom is 0.248 e. The molecule has 0 spiro atoms. The van der Waals surface area contributed by atoms with Crippen LogP contribution in [0.2, 0.25) is 10.0 Å². The maximum absolute atomic E-state index is 16.1. The van der Waals surface area contributed by atoms with E-state index in [9.17, 15) is 65.1 Å². The molecule has 5 aromatic carbocycles. The Morgan fingerprint density at radius 2 is 1.31 bits per heavy atom. The number of likely N-dealkylation sites (N-methyl/N-ethyl adjacent to an activating group) is 2. The first-order valence-corrected chi connectivity index (χ1v) is 32.9. The van der Waals surface area contributed by atoms with Gasteiger partial charge in [-0.3, -0.25) is 38.4 Å². The molecule has 12 rings (SSSR count). The first-order chi connectivity index (χ1) is 48.2. The highest BCUT2D eigenvalue weighted by molar-refractivity contribution is 6.32. The Morgan fingerprint density at radius 1 is 0.706 bits per heavy atom. The van der Waals surface area contributed by atoms with E-state index in [1.807, 2.05) is 13.8 Å². The predicted octanol–water partition coefficient (Wildman–Crippen LogP) is -0.232. The highest BCUT2D eigenvalue weighted by Gasteiger charge is 2.51. The smallest absolute Gasteiger partial charge is 0.248 e. The molecule has 7 heterocycles. The summed E-state index contributed by atoms with van der Waals surface area (Å²) >= 11 is 14.2. The zero-order valence-electron chi connectivity index (χ0n) is 55.4. The second kappa shape index (κ2) is 30.8. The van der Waals surface area contributed by atoms with Gasteiger partial charge in [-0.25, -0.2) is 0 Å². The lowest BCUT2D eigenvalue weighted by atomic mass is 9.86. The topological polar surface area (TPSA) is 522 Å². The van der Waals surface area contributed by atoms with Crippen LogP contribution in [-0.2, 0) is 52.6 Å². The summed E-state index contributed by atoms with van der Waals surface area (Å²) < 4.78 is 38.4. The van der Waals surface area contributed by atoms with E-state index < -0.39 is 220 Å². The number of primary amides is 1. The van der Waals surface area contributed by atoms with Gasteiger partial charge in [0.05, 0.1) is 41.3 Å². The summed E-state index contributed by atoms with van der Waals surface area (Å²) in [6.45, 7) is 5.69. The van der Waals surface area contributed by atoms with E-state index in [0.717, 1.165) is 60.7 Å². The van der Waals surface area contributed by atoms with Crippen LogP contribution >= 0.6 is 23.2 Å². The molecule has 35 heteroatoms. The number of aromatic hydroxyl groups is 3. The molecule has 0 saturated carbocycles. The summed E-state index contributed by atoms with van der Waals surface area (Å²) in [7, 11) is 2.67. The maximum atomic E-state index is 16.1. The average Bonchev–Trinajstić information content (AvgIpc) is 0.767. The molecule has 0 aliphatic carbocycles. The van der Waals surface area contributed by atoms with Gasteiger partial charge in [-0.1, -0.05) is 55.2 Å². The molecule has 7 aliphatic heterocycles. The van der Waals surface area contributed by atoms with Crippen molar-refractivity contribution >= 4 is 70.5 Å². The van der Waals surface area contributed by atoms with Gasteiger partial charge in [-0.15, -0.1) is 0 Å². The summed E-state index contributed by atoms with van der Waals surface area (Å²) in [5, 5.41) is 123. The molecule has 21 N–H and O–H groups in total. The van der Waals surface area contributed by atoms with Gasteiger partial charge < -0.3 is 128 Å². The Kier molecular flexibility index (Phi) is 22.8. The molecule has 18 atom stereocenters. The minimum Gasteiger partial charge on any atom is -0.508 e. The number of carbonyl (C=O) groups is 8. The van der Waals surface area contributed by atoms with Crippen molar-refractivity contribution in [2.24, 2.45) is 17.4 Å². The molecule has 548 valence electrons. The lowest BCUT2D eigenvalue weighted by Crippen LogP contribution is -2.64. The van der Waals surface area contributed by atoms with Gasteiger partial charge in [0.1, 0.15) is 95.5 Å². The number of halogens is 2. The van der Waals surface area contributed by atoms with Crippen LogP contribution in [0.15, 0.2) is 78.9 Å². The van der Waals surface area contributed by atoms with Crippen LogP contribution in [0, 0.1) is 5.92 Å². The number of nitrogens with one attached hydrogen (secondary N) is 8. The second-order valence-corrected chi connectivity index (χ2v) is 26.8. The average molecular weight is 1460 g/mol. The summed E-state index contributed by atoms with van der Waals surface area (Å²) in [5.74, 6) is -14.6. The van der Waals surface area contributed by atoms with Crippen molar-refractivity contribution in [1.29, 1.82) is 0 Å². The number of fused-ring (bicyclic) bond motifs is 15. The molecule has 7 aliphatic rings. The SMILES string of the molecule is CNC(=O)C1NC(=O)C2NC(=O)C(NC(=O)C3NC(=O)C(CC(N)=O)NC(=O)C(NC(=O)C(CC(C)C)NC)C(O)c4ccc(c(Cl)c4)Oc4cc3cc(c4OC3OC(CO)C(O)C(O)C3OC3CC(C)(N)C(O)C(C)O3)Oc3ccc(cc3Cl)C2O)c2ccc(O)c(c2)-c2c(O)cc(O)cc21. The Bertz CT molecular complexity index is 4100. The standard InChI is InChI=1S/C67H78Cl2N10O23/c1-24(2)13-35(72-5)59(90)78-50-52(85)27-8-11-39(33(68)15-27)98-41-17-29-18-42(56(41)102-66-57(55(88)54(87)43(23-80)100-66)101-45-22-67(4,71)58(89)25(3)97-45)99-40-12-9-28(16-34(40)69)53(86)51-65(96)77-49(61(92)73-6)32-19-30(81)20-38(83)46(32)31-14-26(7-10-37(31)82)47(62(93)79-51)76-63(94)48(29)75-60(91)36(21-44(70)84)74-64(50)95/h7-12,14-20,24-25,35-36,43,45,47-55,57-58,66,72,80-83,85-89H,13,21-23,71H2,1-6H3,(H2,70,84)(H,73,92)(H,74,95)(H,75,91)(H,76,94)(H,77,96)(H,78,90)(H,79,93). The van der Waals surface area contributed by atoms with Gasteiger partial charge in [0.25, 0.3) is 0 Å². The molecular formula is C67H78Cl2N10O23. The minimum absolute atomic E-state index is 0.0921. The Balaban J connectivity index is 1.24. The second-order valence-electron chi connectivity index (χ2n) is 26.0. The van der Waals surface area contributed by atoms with E-state index >= 15 is 19.2 Å². The molecule has 0 radical (unpaired) electrons. The third-order valence-electron chi connectivity index (χ3n) is 18.0. The van der Waals surface area contributed by atoms with E-state index in [1.165, 1.54) is 46.1 Å². The fraction of sp³-hybridized carbons (Fsp3) is 0.433. The predicted molar refractivity (Wildman–Crippen MR) is 356 cm³/mol. The van der Waals surface area contributed by atoms with Gasteiger partial charge in [-0.05, 0) is 116 Å². The molecule has 0 aromatic heterocycles. The largest absolute Gasteiger partial charge is 0.508 e. The van der Waals surface area contributed by atoms with Crippen LogP contribution < -0.4 is 68.2 Å². The van der Waals surface area contributed by atoms with Gasteiger partial charge in [0.15, 0.2) is 23.9 Å². The van der Waals surface area contributed by atoms with E-state index in [4.69, 9.17) is 63.1 Å². The summed E-state index contributed by atoms with van der Waals surface area (Å²) in [4.78, 5) is 118. The molecule has 33 nitrogen and oxygen atoms in total. The van der Waals surface area contributed by atoms with Crippen molar-refractivity contribution in [3.63, 3.8) is 0 Å². The third-order valence-corrected chi connectivity index (χ3v) is 18.6. The number of rotatable bonds is 13. The van der Waals surface area contributed by atoms with E-state index in [0.29, 0.717) is 0 Å². The van der Waals surface area contributed by atoms with Crippen molar-refractivity contribution in [2.75, 3.05) is 20.7 Å². The summed E-state index contributed by atoms with van der Waals surface area (Å²) in [6, 6.07) is 0.406. The Labute approximate surface area is 591 Å². The highest BCUT2D eigenvalue weighted by Crippen LogP contribution is 2.50. The Morgan fingerprint density at radius 3 is 1.90 bits per heavy atom. The number of nitrogens with two attached hydrogens (primary N) is 2. The zero-order chi connectivity index (χ0) is 74.2. The number of aliphatic hydroxyl groups is 6. The van der Waals surface area contributed by atoms with Crippen molar-refractivity contribution in [3.05, 3.63) is 117 Å². The number of phenols is 3. The number of benzene rings is 5. The fourth-order valence-electron chi connectivity index (χ4n) is 12.6. The molecule has 2 fully saturated rings. The molecule has 5 aromatic rings. The van der Waals surface area contributed by atoms with Crippen LogP contribution in [0.3, 0.4) is 0 Å². The van der Waals surface area contributed by atoms with Crippen molar-refractivity contribution in [1.82, 2.24) is 42.5 Å². The number of carbonyl (C=O) groups excluding carboxylic acids is 8. The van der Waals surface area contributed by atoms with Crippen molar-refractivity contribution < 1.29 is 113 Å². The summed E-state index contributed by atoms with van der Waals surface area (Å²) in [5.41, 5.74) is 8.59. The number of hydrogen-bond donors (Lipinski definition) is 19. The monoisotopic (exact) mass is 1460 g/mol. The minimum atomic E-state index is -2.32. The van der Waals surface area contributed by atoms with E-state index in [2.05, 4.69) is 42.5 Å². The molecule has 102 heavy (non-hydrogen) atoms. The number of aliphatic hydroxyl groups excluding tert-OH is 6. The molecule has 18 unspecified atom stereocenters. The first-order valence-electron chi connectivity index (χ1n) is 32.1. The molecule has 8 amide bonds. The van der Waals surface area contributed by atoms with Crippen LogP contribution in [0.4, 0.5) is 0 Å². The molecule has 2 saturated heterocycles. The van der Waals surface area contributed by atoms with Gasteiger partial charge in [-0.2, -0.15) is 0 Å². The normalized spacial score (nSPS) is 29.2. The Hall–Kier alpha value is -9.20. The zero-order valence-corrected chi connectivity index (χ0v) is 56.9. The number of ether oxygens (including phenoxy) is 6. The van der Waals surface area contributed by atoms with Crippen LogP contribution in [0.25, 0.3) is 11.1 Å². The van der Waals surface area contributed by atoms with E-state index in [1.54, 1.807) is 0 Å². The first kappa shape index (κ1) is 75.5. The third kappa shape index (κ3) is 15.9. The number of hydrogen-bond acceptors (Lipinski definition) is 25. The van der Waals surface area contributed by atoms with Crippen LogP contribution in [0.5, 0.6) is 46.0 Å².